The molecule has 0 spiro atoms. The highest BCUT2D eigenvalue weighted by molar-refractivity contribution is 6.07. The largest absolute Gasteiger partial charge is 0.465 e. The van der Waals surface area contributed by atoms with Crippen molar-refractivity contribution in [2.24, 2.45) is 10.9 Å². The van der Waals surface area contributed by atoms with E-state index in [1.54, 1.807) is 0 Å². The number of esters is 2. The number of rotatable bonds is 5. The van der Waals surface area contributed by atoms with Crippen LogP contribution in [-0.2, 0) is 19.1 Å². The summed E-state index contributed by atoms with van der Waals surface area (Å²) in [7, 11) is 0. The van der Waals surface area contributed by atoms with Crippen molar-refractivity contribution in [3.05, 3.63) is 45.9 Å². The fourth-order valence-corrected chi connectivity index (χ4v) is 3.26. The van der Waals surface area contributed by atoms with Crippen LogP contribution in [0.1, 0.15) is 39.2 Å². The van der Waals surface area contributed by atoms with E-state index in [0.29, 0.717) is 0 Å². The molecule has 1 aliphatic rings. The number of carbonyl (C=O) groups is 2. The first-order chi connectivity index (χ1) is 13.6. The van der Waals surface area contributed by atoms with E-state index in [-0.39, 0.29) is 24.6 Å². The van der Waals surface area contributed by atoms with Gasteiger partial charge < -0.3 is 9.47 Å². The van der Waals surface area contributed by atoms with Gasteiger partial charge in [0.2, 0.25) is 5.82 Å². The zero-order valence-electron chi connectivity index (χ0n) is 16.0. The average molecular weight is 419 g/mol. The highest BCUT2D eigenvalue weighted by Gasteiger charge is 2.46. The Morgan fingerprint density at radius 2 is 1.34 bits per heavy atom. The maximum Gasteiger partial charge on any atom is 0.336 e. The molecule has 1 aliphatic heterocycles. The van der Waals surface area contributed by atoms with Crippen LogP contribution in [0.2, 0.25) is 0 Å². The molecule has 0 unspecified atom stereocenters. The minimum atomic E-state index is -2.35. The Morgan fingerprint density at radius 1 is 0.862 bits per heavy atom. The minimum absolute atomic E-state index is 0.0112. The summed E-state index contributed by atoms with van der Waals surface area (Å²) in [5, 5.41) is 0. The summed E-state index contributed by atoms with van der Waals surface area (Å²) in [4.78, 5) is 29.0. The van der Waals surface area contributed by atoms with E-state index in [1.165, 1.54) is 27.7 Å². The lowest BCUT2D eigenvalue weighted by Crippen LogP contribution is -2.37. The predicted octanol–water partition coefficient (Wildman–Crippen LogP) is 3.96. The van der Waals surface area contributed by atoms with Crippen molar-refractivity contribution in [2.75, 3.05) is 13.2 Å². The number of aliphatic imine (C=N–C) groups is 1. The zero-order chi connectivity index (χ0) is 22.0. The first-order valence-electron chi connectivity index (χ1n) is 8.69. The topological polar surface area (TPSA) is 65.0 Å². The molecule has 0 amide bonds. The van der Waals surface area contributed by atoms with E-state index >= 15 is 0 Å². The van der Waals surface area contributed by atoms with Gasteiger partial charge in [0.05, 0.1) is 18.8 Å². The minimum Gasteiger partial charge on any atom is -0.465 e. The Hall–Kier alpha value is -2.78. The van der Waals surface area contributed by atoms with Crippen molar-refractivity contribution in [3.63, 3.8) is 0 Å². The number of ether oxygens (including phenoxy) is 2. The van der Waals surface area contributed by atoms with Gasteiger partial charge in [-0.15, -0.1) is 0 Å². The molecule has 2 rings (SSSR count). The quantitative estimate of drug-likeness (QED) is 0.314. The fraction of sp³-hybridized carbons (Fsp3) is 0.421. The third kappa shape index (κ3) is 3.88. The number of halogens is 5. The smallest absolute Gasteiger partial charge is 0.336 e. The van der Waals surface area contributed by atoms with Crippen LogP contribution >= 0.6 is 0 Å². The molecular formula is C19H18F5NO4. The molecule has 158 valence electrons. The molecule has 0 aromatic heterocycles. The number of nitrogens with zero attached hydrogens (tertiary/aromatic N) is 1. The average Bonchev–Trinajstić information content (AvgIpc) is 2.65. The second-order valence-corrected chi connectivity index (χ2v) is 6.16. The molecule has 29 heavy (non-hydrogen) atoms. The van der Waals surface area contributed by atoms with E-state index in [4.69, 9.17) is 9.47 Å². The van der Waals surface area contributed by atoms with Crippen molar-refractivity contribution in [3.8, 4) is 0 Å². The van der Waals surface area contributed by atoms with E-state index in [9.17, 15) is 31.5 Å². The van der Waals surface area contributed by atoms with Gasteiger partial charge in [0.25, 0.3) is 0 Å². The van der Waals surface area contributed by atoms with E-state index in [1.807, 2.05) is 0 Å². The van der Waals surface area contributed by atoms with Gasteiger partial charge >= 0.3 is 11.9 Å². The molecule has 0 fully saturated rings. The molecule has 0 aliphatic carbocycles. The van der Waals surface area contributed by atoms with Crippen LogP contribution in [0, 0.1) is 35.0 Å². The van der Waals surface area contributed by atoms with Crippen LogP contribution in [0.25, 0.3) is 0 Å². The van der Waals surface area contributed by atoms with Gasteiger partial charge in [0.1, 0.15) is 5.92 Å². The van der Waals surface area contributed by atoms with Crippen LogP contribution in [0.15, 0.2) is 16.3 Å². The maximum absolute atomic E-state index is 14.6. The normalized spacial score (nSPS) is 19.1. The van der Waals surface area contributed by atoms with Crippen LogP contribution in [0.5, 0.6) is 0 Å². The molecule has 0 N–H and O–H groups in total. The van der Waals surface area contributed by atoms with Crippen molar-refractivity contribution < 1.29 is 41.0 Å². The highest BCUT2D eigenvalue weighted by Crippen LogP contribution is 2.43. The second kappa shape index (κ2) is 8.71. The third-order valence-electron chi connectivity index (χ3n) is 4.42. The summed E-state index contributed by atoms with van der Waals surface area (Å²) in [5.41, 5.74) is -1.90. The molecule has 1 aromatic rings. The van der Waals surface area contributed by atoms with E-state index in [0.717, 1.165) is 0 Å². The van der Waals surface area contributed by atoms with Crippen LogP contribution < -0.4 is 0 Å². The van der Waals surface area contributed by atoms with Gasteiger partial charge in [-0.3, -0.25) is 9.79 Å². The Balaban J connectivity index is 2.88. The molecule has 0 saturated heterocycles. The molecule has 5 nitrogen and oxygen atoms in total. The van der Waals surface area contributed by atoms with Crippen molar-refractivity contribution in [2.45, 2.75) is 33.6 Å². The fourth-order valence-electron chi connectivity index (χ4n) is 3.26. The van der Waals surface area contributed by atoms with Gasteiger partial charge in [-0.2, -0.15) is 0 Å². The van der Waals surface area contributed by atoms with Crippen molar-refractivity contribution in [1.82, 2.24) is 0 Å². The Kier molecular flexibility index (Phi) is 6.76. The van der Waals surface area contributed by atoms with Gasteiger partial charge in [-0.25, -0.2) is 26.7 Å². The molecule has 0 radical (unpaired) electrons. The standard InChI is InChI=1S/C19H18F5NO4/c1-5-28-18(26)9-7(3)25-8(4)10(19(27)29-6-2)11(9)12-13(20)15(22)17(24)16(23)14(12)21/h9,11H,5-6H2,1-4H3/t9-,11+/m1/s1. The van der Waals surface area contributed by atoms with Crippen LogP contribution in [0.3, 0.4) is 0 Å². The molecular weight excluding hydrogens is 401 g/mol. The van der Waals surface area contributed by atoms with Gasteiger partial charge in [-0.05, 0) is 27.7 Å². The second-order valence-electron chi connectivity index (χ2n) is 6.16. The maximum atomic E-state index is 14.6. The van der Waals surface area contributed by atoms with Crippen LogP contribution in [0.4, 0.5) is 22.0 Å². The summed E-state index contributed by atoms with van der Waals surface area (Å²) in [6, 6.07) is 0. The molecule has 0 saturated carbocycles. The van der Waals surface area contributed by atoms with E-state index in [2.05, 4.69) is 4.99 Å². The number of allylic oxidation sites excluding steroid dienone is 1. The van der Waals surface area contributed by atoms with Gasteiger partial charge in [-0.1, -0.05) is 0 Å². The molecule has 1 heterocycles. The molecule has 10 heteroatoms. The third-order valence-corrected chi connectivity index (χ3v) is 4.42. The highest BCUT2D eigenvalue weighted by atomic mass is 19.2. The van der Waals surface area contributed by atoms with Gasteiger partial charge in [0.15, 0.2) is 23.3 Å². The Morgan fingerprint density at radius 3 is 1.83 bits per heavy atom. The van der Waals surface area contributed by atoms with Crippen molar-refractivity contribution in [1.29, 1.82) is 0 Å². The summed E-state index contributed by atoms with van der Waals surface area (Å²) in [5.74, 6) is -16.6. The first-order valence-corrected chi connectivity index (χ1v) is 8.69. The monoisotopic (exact) mass is 419 g/mol. The van der Waals surface area contributed by atoms with E-state index < -0.39 is 64.0 Å². The lowest BCUT2D eigenvalue weighted by atomic mass is 9.75. The molecule has 0 bridgehead atoms. The molecule has 2 atom stereocenters. The number of hydrogen-bond donors (Lipinski definition) is 0. The number of carbonyl (C=O) groups excluding carboxylic acids is 2. The van der Waals surface area contributed by atoms with Gasteiger partial charge in [0, 0.05) is 22.9 Å². The predicted molar refractivity (Wildman–Crippen MR) is 91.5 cm³/mol. The lowest BCUT2D eigenvalue weighted by Gasteiger charge is -2.32. The summed E-state index contributed by atoms with van der Waals surface area (Å²) in [6.45, 7) is 5.30. The lowest BCUT2D eigenvalue weighted by molar-refractivity contribution is -0.146. The number of hydrogen-bond acceptors (Lipinski definition) is 5. The van der Waals surface area contributed by atoms with Crippen LogP contribution in [-0.4, -0.2) is 30.9 Å². The Bertz CT molecular complexity index is 897. The summed E-state index contributed by atoms with van der Waals surface area (Å²) < 4.78 is 80.2. The van der Waals surface area contributed by atoms with Crippen molar-refractivity contribution >= 4 is 17.7 Å². The SMILES string of the molecule is CCOC(=O)C1=C(C)N=C(C)[C@@H](C(=O)OCC)[C@@H]1c1c(F)c(F)c(F)c(F)c1F. The zero-order valence-corrected chi connectivity index (χ0v) is 16.0. The molecule has 1 aromatic carbocycles. The Labute approximate surface area is 163 Å². The summed E-state index contributed by atoms with van der Waals surface area (Å²) in [6.07, 6.45) is 0. The summed E-state index contributed by atoms with van der Waals surface area (Å²) >= 11 is 0. The number of benzene rings is 1. The first kappa shape index (κ1) is 22.5.